The van der Waals surface area contributed by atoms with E-state index < -0.39 is 0 Å². The Morgan fingerprint density at radius 3 is 2.54 bits per heavy atom. The highest BCUT2D eigenvalue weighted by molar-refractivity contribution is 9.10. The number of rotatable bonds is 3. The van der Waals surface area contributed by atoms with Gasteiger partial charge in [0.15, 0.2) is 0 Å². The molecule has 2 atom stereocenters. The first-order valence-electron chi connectivity index (χ1n) is 4.34. The van der Waals surface area contributed by atoms with Crippen molar-refractivity contribution in [3.8, 4) is 0 Å². The Labute approximate surface area is 95.4 Å². The van der Waals surface area contributed by atoms with Gasteiger partial charge in [0.25, 0.3) is 0 Å². The molecular formula is C10H11Br2N. The maximum atomic E-state index is 3.49. The molecule has 0 saturated carbocycles. The summed E-state index contributed by atoms with van der Waals surface area (Å²) in [5.74, 6) is 0. The van der Waals surface area contributed by atoms with E-state index in [-0.39, 0.29) is 0 Å². The molecule has 0 aliphatic carbocycles. The van der Waals surface area contributed by atoms with Gasteiger partial charge in [0.1, 0.15) is 0 Å². The summed E-state index contributed by atoms with van der Waals surface area (Å²) in [6, 6.07) is 9.31. The van der Waals surface area contributed by atoms with Gasteiger partial charge in [0, 0.05) is 28.9 Å². The second-order valence-corrected chi connectivity index (χ2v) is 4.93. The van der Waals surface area contributed by atoms with E-state index >= 15 is 0 Å². The first kappa shape index (κ1) is 9.69. The van der Waals surface area contributed by atoms with Crippen LogP contribution in [0, 0.1) is 0 Å². The van der Waals surface area contributed by atoms with Gasteiger partial charge in [-0.15, -0.1) is 0 Å². The molecule has 0 N–H and O–H groups in total. The van der Waals surface area contributed by atoms with E-state index in [1.54, 1.807) is 0 Å². The highest BCUT2D eigenvalue weighted by Gasteiger charge is 2.31. The van der Waals surface area contributed by atoms with Gasteiger partial charge in [0.2, 0.25) is 0 Å². The zero-order valence-corrected chi connectivity index (χ0v) is 10.4. The summed E-state index contributed by atoms with van der Waals surface area (Å²) < 4.78 is 1.15. The molecule has 1 fully saturated rings. The lowest BCUT2D eigenvalue weighted by molar-refractivity contribution is 0.518. The molecule has 1 aliphatic heterocycles. The van der Waals surface area contributed by atoms with Gasteiger partial charge in [-0.1, -0.05) is 44.0 Å². The van der Waals surface area contributed by atoms with Gasteiger partial charge in [-0.05, 0) is 17.7 Å². The summed E-state index contributed by atoms with van der Waals surface area (Å²) in [5.41, 5.74) is 1.40. The van der Waals surface area contributed by atoms with E-state index in [0.717, 1.165) is 22.4 Å². The van der Waals surface area contributed by atoms with E-state index in [9.17, 15) is 0 Å². The smallest absolute Gasteiger partial charge is 0.0324 e. The molecule has 0 spiro atoms. The van der Waals surface area contributed by atoms with Crippen LogP contribution in [0.3, 0.4) is 0 Å². The molecule has 1 aromatic rings. The van der Waals surface area contributed by atoms with Crippen molar-refractivity contribution in [2.45, 2.75) is 12.6 Å². The van der Waals surface area contributed by atoms with Crippen molar-refractivity contribution < 1.29 is 0 Å². The van der Waals surface area contributed by atoms with Gasteiger partial charge < -0.3 is 0 Å². The highest BCUT2D eigenvalue weighted by atomic mass is 79.9. The van der Waals surface area contributed by atoms with Crippen LogP contribution in [0.15, 0.2) is 28.7 Å². The summed E-state index contributed by atoms with van der Waals surface area (Å²) in [5, 5.41) is 1.10. The van der Waals surface area contributed by atoms with E-state index in [4.69, 9.17) is 0 Å². The third kappa shape index (κ3) is 2.55. The van der Waals surface area contributed by atoms with E-state index in [2.05, 4.69) is 61.0 Å². The quantitative estimate of drug-likeness (QED) is 0.613. The summed E-state index contributed by atoms with van der Waals surface area (Å²) >= 11 is 6.92. The van der Waals surface area contributed by atoms with Gasteiger partial charge in [0.05, 0.1) is 0 Å². The fourth-order valence-electron chi connectivity index (χ4n) is 1.39. The molecule has 0 amide bonds. The molecule has 1 aromatic carbocycles. The van der Waals surface area contributed by atoms with Crippen molar-refractivity contribution in [1.29, 1.82) is 0 Å². The fourth-order valence-corrected chi connectivity index (χ4v) is 2.27. The van der Waals surface area contributed by atoms with Crippen LogP contribution in [0.4, 0.5) is 0 Å². The molecule has 1 heterocycles. The van der Waals surface area contributed by atoms with Crippen molar-refractivity contribution in [3.63, 3.8) is 0 Å². The number of alkyl halides is 1. The molecular weight excluding hydrogens is 294 g/mol. The van der Waals surface area contributed by atoms with Crippen molar-refractivity contribution in [2.24, 2.45) is 0 Å². The van der Waals surface area contributed by atoms with Gasteiger partial charge in [-0.3, -0.25) is 4.90 Å². The Bertz CT molecular complexity index is 283. The lowest BCUT2D eigenvalue weighted by Gasteiger charge is -2.02. The number of hydrogen-bond acceptors (Lipinski definition) is 1. The Hall–Kier alpha value is 0.140. The number of hydrogen-bond donors (Lipinski definition) is 0. The van der Waals surface area contributed by atoms with E-state index in [1.165, 1.54) is 12.1 Å². The van der Waals surface area contributed by atoms with Crippen LogP contribution in [0.1, 0.15) is 5.56 Å². The average Bonchev–Trinajstić information content (AvgIpc) is 2.88. The third-order valence-corrected chi connectivity index (χ3v) is 3.58. The molecule has 1 aliphatic rings. The fraction of sp³-hybridized carbons (Fsp3) is 0.400. The van der Waals surface area contributed by atoms with Crippen LogP contribution in [0.25, 0.3) is 0 Å². The Morgan fingerprint density at radius 1 is 1.31 bits per heavy atom. The molecule has 70 valence electrons. The van der Waals surface area contributed by atoms with Crippen LogP contribution in [-0.4, -0.2) is 22.8 Å². The third-order valence-electron chi connectivity index (χ3n) is 2.31. The minimum atomic E-state index is 0.767. The van der Waals surface area contributed by atoms with Crippen LogP contribution >= 0.6 is 31.9 Å². The van der Waals surface area contributed by atoms with Crippen molar-refractivity contribution in [2.75, 3.05) is 11.9 Å². The first-order chi connectivity index (χ1) is 6.29. The molecule has 1 nitrogen and oxygen atoms in total. The Balaban J connectivity index is 1.92. The van der Waals surface area contributed by atoms with Crippen molar-refractivity contribution in [1.82, 2.24) is 4.90 Å². The molecule has 0 radical (unpaired) electrons. The normalized spacial score (nSPS) is 26.0. The maximum absolute atomic E-state index is 3.49. The van der Waals surface area contributed by atoms with Gasteiger partial charge in [-0.25, -0.2) is 0 Å². The van der Waals surface area contributed by atoms with E-state index in [1.807, 2.05) is 0 Å². The summed E-state index contributed by atoms with van der Waals surface area (Å²) in [7, 11) is 0. The predicted molar refractivity (Wildman–Crippen MR) is 62.1 cm³/mol. The van der Waals surface area contributed by atoms with E-state index in [0.29, 0.717) is 0 Å². The summed E-state index contributed by atoms with van der Waals surface area (Å²) in [6.07, 6.45) is 0. The molecule has 0 bridgehead atoms. The number of benzene rings is 1. The predicted octanol–water partition coefficient (Wildman–Crippen LogP) is 3.03. The molecule has 1 saturated heterocycles. The average molecular weight is 305 g/mol. The summed E-state index contributed by atoms with van der Waals surface area (Å²) in [4.78, 5) is 2.46. The van der Waals surface area contributed by atoms with Crippen molar-refractivity contribution >= 4 is 31.9 Å². The van der Waals surface area contributed by atoms with Crippen LogP contribution in [0.5, 0.6) is 0 Å². The molecule has 0 aromatic heterocycles. The van der Waals surface area contributed by atoms with Crippen LogP contribution in [-0.2, 0) is 6.54 Å². The lowest BCUT2D eigenvalue weighted by Crippen LogP contribution is -2.02. The Morgan fingerprint density at radius 2 is 2.00 bits per heavy atom. The lowest BCUT2D eigenvalue weighted by atomic mass is 10.2. The largest absolute Gasteiger partial charge is 0.292 e. The topological polar surface area (TPSA) is 3.01 Å². The Kier molecular flexibility index (Phi) is 3.06. The zero-order chi connectivity index (χ0) is 9.26. The van der Waals surface area contributed by atoms with Gasteiger partial charge >= 0.3 is 0 Å². The maximum Gasteiger partial charge on any atom is 0.0324 e. The molecule has 13 heavy (non-hydrogen) atoms. The minimum absolute atomic E-state index is 0.767. The zero-order valence-electron chi connectivity index (χ0n) is 7.21. The molecule has 1 unspecified atom stereocenters. The second-order valence-electron chi connectivity index (χ2n) is 3.36. The monoisotopic (exact) mass is 303 g/mol. The second kappa shape index (κ2) is 4.11. The highest BCUT2D eigenvalue weighted by Crippen LogP contribution is 2.23. The van der Waals surface area contributed by atoms with Gasteiger partial charge in [-0.2, -0.15) is 0 Å². The first-order valence-corrected chi connectivity index (χ1v) is 6.25. The minimum Gasteiger partial charge on any atom is -0.292 e. The van der Waals surface area contributed by atoms with Crippen LogP contribution in [0.2, 0.25) is 0 Å². The molecule has 2 rings (SSSR count). The number of halogens is 2. The summed E-state index contributed by atoms with van der Waals surface area (Å²) in [6.45, 7) is 2.32. The SMILES string of the molecule is BrC[C@@H]1CN1Cc1ccc(Br)cc1. The van der Waals surface area contributed by atoms with Crippen molar-refractivity contribution in [3.05, 3.63) is 34.3 Å². The molecule has 3 heteroatoms. The number of nitrogens with zero attached hydrogens (tertiary/aromatic N) is 1. The standard InChI is InChI=1S/C10H11Br2N/c11-5-10-7-13(10)6-8-1-3-9(12)4-2-8/h1-4,10H,5-7H2/t10-,13?/m1/s1. The van der Waals surface area contributed by atoms with Crippen LogP contribution < -0.4 is 0 Å².